The molecule has 0 heterocycles. The quantitative estimate of drug-likeness (QED) is 0.535. The van der Waals surface area contributed by atoms with Crippen molar-refractivity contribution in [2.45, 2.75) is 31.3 Å². The Balaban J connectivity index is 2.07. The minimum Gasteiger partial charge on any atom is -0.490 e. The molecule has 0 saturated heterocycles. The van der Waals surface area contributed by atoms with E-state index in [2.05, 4.69) is 24.4 Å². The predicted octanol–water partition coefficient (Wildman–Crippen LogP) is 5.09. The van der Waals surface area contributed by atoms with E-state index in [1.165, 1.54) is 25.3 Å². The Morgan fingerprint density at radius 2 is 1.93 bits per heavy atom. The van der Waals surface area contributed by atoms with Gasteiger partial charge < -0.3 is 4.74 Å². The average Bonchev–Trinajstić information content (AvgIpc) is 2.73. The maximum absolute atomic E-state index is 13.5. The number of hydrogen-bond acceptors (Lipinski definition) is 4. The summed E-state index contributed by atoms with van der Waals surface area (Å²) in [5.41, 5.74) is 1.16. The number of nitrogens with zero attached hydrogens (tertiary/aromatic N) is 1. The Bertz CT molecular complexity index is 908. The Kier molecular flexibility index (Phi) is 5.90. The number of nitro benzene ring substituents is 1. The van der Waals surface area contributed by atoms with Gasteiger partial charge in [-0.15, -0.1) is 0 Å². The second kappa shape index (κ2) is 8.35. The van der Waals surface area contributed by atoms with Gasteiger partial charge >= 0.3 is 5.69 Å². The molecule has 3 rings (SSSR count). The lowest BCUT2D eigenvalue weighted by molar-refractivity contribution is -0.385. The molecule has 0 spiro atoms. The highest BCUT2D eigenvalue weighted by Gasteiger charge is 2.30. The van der Waals surface area contributed by atoms with Gasteiger partial charge in [0.15, 0.2) is 5.75 Å². The van der Waals surface area contributed by atoms with E-state index in [4.69, 9.17) is 4.74 Å². The third-order valence-electron chi connectivity index (χ3n) is 5.14. The van der Waals surface area contributed by atoms with Crippen LogP contribution >= 0.6 is 0 Å². The van der Waals surface area contributed by atoms with Crippen LogP contribution in [-0.2, 0) is 0 Å². The molecule has 0 saturated carbocycles. The highest BCUT2D eigenvalue weighted by Crippen LogP contribution is 2.35. The fraction of sp³-hybridized carbons (Fsp3) is 0.273. The second-order valence-electron chi connectivity index (χ2n) is 6.82. The molecule has 1 unspecified atom stereocenters. The highest BCUT2D eigenvalue weighted by atomic mass is 19.1. The SMILES string of the molecule is CC[C@@]1(NC(c2ccc(F)cc2)c2ccc(OC)c([N+](=O)[O-])c2)C=CC=CC1. The average molecular weight is 382 g/mol. The van der Waals surface area contributed by atoms with Gasteiger partial charge in [-0.05, 0) is 42.2 Å². The van der Waals surface area contributed by atoms with Crippen molar-refractivity contribution in [3.63, 3.8) is 0 Å². The summed E-state index contributed by atoms with van der Waals surface area (Å²) in [4.78, 5) is 11.0. The summed E-state index contributed by atoms with van der Waals surface area (Å²) in [6.07, 6.45) is 9.84. The van der Waals surface area contributed by atoms with Crippen LogP contribution in [0.3, 0.4) is 0 Å². The van der Waals surface area contributed by atoms with E-state index >= 15 is 0 Å². The molecule has 28 heavy (non-hydrogen) atoms. The molecular formula is C22H23FN2O3. The standard InChI is InChI=1S/C22H23FN2O3/c1-3-22(13-5-4-6-14-22)24-21(16-7-10-18(23)11-8-16)17-9-12-20(28-2)19(15-17)25(26)27/h4-13,15,21,24H,3,14H2,1-2H3/t21?,22-/m1/s1. The lowest BCUT2D eigenvalue weighted by atomic mass is 9.85. The molecule has 2 aromatic rings. The molecule has 6 heteroatoms. The molecule has 0 fully saturated rings. The number of benzene rings is 2. The van der Waals surface area contributed by atoms with Crippen LogP contribution in [0.25, 0.3) is 0 Å². The van der Waals surface area contributed by atoms with Crippen molar-refractivity contribution in [1.29, 1.82) is 0 Å². The second-order valence-corrected chi connectivity index (χ2v) is 6.82. The largest absolute Gasteiger partial charge is 0.490 e. The van der Waals surface area contributed by atoms with Gasteiger partial charge in [0, 0.05) is 11.6 Å². The van der Waals surface area contributed by atoms with Crippen molar-refractivity contribution in [2.24, 2.45) is 0 Å². The molecule has 2 aromatic carbocycles. The number of methoxy groups -OCH3 is 1. The fourth-order valence-corrected chi connectivity index (χ4v) is 3.47. The maximum Gasteiger partial charge on any atom is 0.311 e. The van der Waals surface area contributed by atoms with Gasteiger partial charge in [-0.1, -0.05) is 49.4 Å². The third kappa shape index (κ3) is 4.12. The normalized spacial score (nSPS) is 19.4. The molecule has 0 radical (unpaired) electrons. The molecule has 5 nitrogen and oxygen atoms in total. The molecule has 0 aromatic heterocycles. The maximum atomic E-state index is 13.5. The van der Waals surface area contributed by atoms with Crippen LogP contribution in [0.1, 0.15) is 36.9 Å². The number of ether oxygens (including phenoxy) is 1. The highest BCUT2D eigenvalue weighted by molar-refractivity contribution is 5.51. The van der Waals surface area contributed by atoms with Gasteiger partial charge in [-0.2, -0.15) is 0 Å². The van der Waals surface area contributed by atoms with Gasteiger partial charge in [-0.25, -0.2) is 4.39 Å². The van der Waals surface area contributed by atoms with E-state index in [-0.39, 0.29) is 28.8 Å². The summed E-state index contributed by atoms with van der Waals surface area (Å²) in [6, 6.07) is 10.8. The van der Waals surface area contributed by atoms with Gasteiger partial charge in [0.25, 0.3) is 0 Å². The van der Waals surface area contributed by atoms with Crippen LogP contribution in [0.15, 0.2) is 66.8 Å². The molecule has 0 bridgehead atoms. The molecule has 1 aliphatic carbocycles. The van der Waals surface area contributed by atoms with Crippen molar-refractivity contribution >= 4 is 5.69 Å². The first kappa shape index (κ1) is 19.8. The Labute approximate surface area is 163 Å². The fourth-order valence-electron chi connectivity index (χ4n) is 3.47. The van der Waals surface area contributed by atoms with Crippen LogP contribution in [-0.4, -0.2) is 17.6 Å². The van der Waals surface area contributed by atoms with Crippen LogP contribution in [0.2, 0.25) is 0 Å². The minimum absolute atomic E-state index is 0.0986. The smallest absolute Gasteiger partial charge is 0.311 e. The zero-order chi connectivity index (χ0) is 20.1. The van der Waals surface area contributed by atoms with Crippen molar-refractivity contribution in [2.75, 3.05) is 7.11 Å². The number of nitro groups is 1. The summed E-state index contributed by atoms with van der Waals surface area (Å²) < 4.78 is 18.6. The Hall–Kier alpha value is -2.99. The number of rotatable bonds is 7. The summed E-state index contributed by atoms with van der Waals surface area (Å²) in [7, 11) is 1.41. The molecular weight excluding hydrogens is 359 g/mol. The van der Waals surface area contributed by atoms with E-state index in [9.17, 15) is 14.5 Å². The van der Waals surface area contributed by atoms with Gasteiger partial charge in [0.2, 0.25) is 0 Å². The Morgan fingerprint density at radius 1 is 1.21 bits per heavy atom. The molecule has 0 amide bonds. The first-order chi connectivity index (χ1) is 13.5. The summed E-state index contributed by atoms with van der Waals surface area (Å²) >= 11 is 0. The zero-order valence-corrected chi connectivity index (χ0v) is 15.9. The lowest BCUT2D eigenvalue weighted by Crippen LogP contribution is -2.45. The van der Waals surface area contributed by atoms with Crippen LogP contribution < -0.4 is 10.1 Å². The third-order valence-corrected chi connectivity index (χ3v) is 5.14. The molecule has 1 aliphatic rings. The first-order valence-electron chi connectivity index (χ1n) is 9.18. The van der Waals surface area contributed by atoms with Gasteiger partial charge in [0.1, 0.15) is 5.82 Å². The van der Waals surface area contributed by atoms with E-state index in [0.717, 1.165) is 24.0 Å². The van der Waals surface area contributed by atoms with Crippen molar-refractivity contribution in [1.82, 2.24) is 5.32 Å². The van der Waals surface area contributed by atoms with Crippen molar-refractivity contribution < 1.29 is 14.1 Å². The Morgan fingerprint density at radius 3 is 2.50 bits per heavy atom. The summed E-state index contributed by atoms with van der Waals surface area (Å²) in [6.45, 7) is 2.09. The molecule has 0 aliphatic heterocycles. The van der Waals surface area contributed by atoms with E-state index in [1.54, 1.807) is 24.3 Å². The van der Waals surface area contributed by atoms with E-state index in [0.29, 0.717) is 0 Å². The number of nitrogens with one attached hydrogen (secondary N) is 1. The first-order valence-corrected chi connectivity index (χ1v) is 9.18. The van der Waals surface area contributed by atoms with E-state index in [1.807, 2.05) is 12.2 Å². The van der Waals surface area contributed by atoms with Crippen molar-refractivity contribution in [3.8, 4) is 5.75 Å². The molecule has 1 N–H and O–H groups in total. The number of halogens is 1. The number of hydrogen-bond donors (Lipinski definition) is 1. The van der Waals surface area contributed by atoms with Gasteiger partial charge in [-0.3, -0.25) is 15.4 Å². The van der Waals surface area contributed by atoms with Crippen molar-refractivity contribution in [3.05, 3.63) is 93.8 Å². The minimum atomic E-state index is -0.455. The van der Waals surface area contributed by atoms with Crippen LogP contribution in [0.4, 0.5) is 10.1 Å². The lowest BCUT2D eigenvalue weighted by Gasteiger charge is -2.36. The van der Waals surface area contributed by atoms with Crippen LogP contribution in [0.5, 0.6) is 5.75 Å². The zero-order valence-electron chi connectivity index (χ0n) is 15.9. The van der Waals surface area contributed by atoms with E-state index < -0.39 is 4.92 Å². The van der Waals surface area contributed by atoms with Crippen LogP contribution in [0, 0.1) is 15.9 Å². The molecule has 146 valence electrons. The summed E-state index contributed by atoms with van der Waals surface area (Å²) in [5, 5.41) is 15.1. The topological polar surface area (TPSA) is 64.4 Å². The monoisotopic (exact) mass is 382 g/mol. The predicted molar refractivity (Wildman–Crippen MR) is 107 cm³/mol. The number of allylic oxidation sites excluding steroid dienone is 2. The van der Waals surface area contributed by atoms with Gasteiger partial charge in [0.05, 0.1) is 18.1 Å². The molecule has 2 atom stereocenters. The summed E-state index contributed by atoms with van der Waals surface area (Å²) in [5.74, 6) is -0.119.